The quantitative estimate of drug-likeness (QED) is 0.737. The number of hydrogen-bond donors (Lipinski definition) is 3. The van der Waals surface area contributed by atoms with Gasteiger partial charge in [0.2, 0.25) is 0 Å². The van der Waals surface area contributed by atoms with Crippen molar-refractivity contribution in [2.45, 2.75) is 31.7 Å². The van der Waals surface area contributed by atoms with Crippen LogP contribution in [0.2, 0.25) is 0 Å². The third-order valence-electron chi connectivity index (χ3n) is 6.02. The molecule has 1 aliphatic carbocycles. The second-order valence-corrected chi connectivity index (χ2v) is 7.89. The van der Waals surface area contributed by atoms with Crippen LogP contribution < -0.4 is 5.32 Å². The first kappa shape index (κ1) is 19.3. The SMILES string of the molecule is O=C(O)C1CCC(NC(=O)N2CCN(C(=O)c3cc4ccccc4[nH]3)CC2)CC1. The number of aliphatic carboxylic acids is 1. The normalized spacial score (nSPS) is 22.5. The number of carbonyl (C=O) groups excluding carboxylic acids is 2. The molecule has 0 unspecified atom stereocenters. The number of nitrogens with zero attached hydrogens (tertiary/aromatic N) is 2. The Morgan fingerprint density at radius 3 is 2.28 bits per heavy atom. The van der Waals surface area contributed by atoms with Crippen molar-refractivity contribution in [3.05, 3.63) is 36.0 Å². The second-order valence-electron chi connectivity index (χ2n) is 7.89. The summed E-state index contributed by atoms with van der Waals surface area (Å²) in [5, 5.41) is 13.1. The van der Waals surface area contributed by atoms with Crippen molar-refractivity contribution in [1.29, 1.82) is 0 Å². The van der Waals surface area contributed by atoms with Crippen molar-refractivity contribution in [1.82, 2.24) is 20.1 Å². The molecule has 154 valence electrons. The number of nitrogens with one attached hydrogen (secondary N) is 2. The summed E-state index contributed by atoms with van der Waals surface area (Å²) in [4.78, 5) is 43.0. The topological polar surface area (TPSA) is 106 Å². The van der Waals surface area contributed by atoms with Gasteiger partial charge in [-0.15, -0.1) is 0 Å². The molecule has 2 fully saturated rings. The van der Waals surface area contributed by atoms with Gasteiger partial charge in [0.25, 0.3) is 5.91 Å². The Labute approximate surface area is 168 Å². The summed E-state index contributed by atoms with van der Waals surface area (Å²) in [5.41, 5.74) is 1.51. The van der Waals surface area contributed by atoms with E-state index in [1.165, 1.54) is 0 Å². The van der Waals surface area contributed by atoms with Crippen molar-refractivity contribution in [3.8, 4) is 0 Å². The zero-order valence-corrected chi connectivity index (χ0v) is 16.3. The molecule has 29 heavy (non-hydrogen) atoms. The number of urea groups is 1. The third kappa shape index (κ3) is 4.21. The van der Waals surface area contributed by atoms with Crippen LogP contribution in [-0.4, -0.2) is 70.0 Å². The predicted molar refractivity (Wildman–Crippen MR) is 108 cm³/mol. The van der Waals surface area contributed by atoms with E-state index in [2.05, 4.69) is 10.3 Å². The number of fused-ring (bicyclic) bond motifs is 1. The highest BCUT2D eigenvalue weighted by Crippen LogP contribution is 2.24. The second kappa shape index (κ2) is 8.14. The fourth-order valence-electron chi connectivity index (χ4n) is 4.22. The van der Waals surface area contributed by atoms with E-state index >= 15 is 0 Å². The average Bonchev–Trinajstić information content (AvgIpc) is 3.18. The fraction of sp³-hybridized carbons (Fsp3) is 0.476. The minimum absolute atomic E-state index is 0.0316. The molecule has 2 aromatic rings. The first-order chi connectivity index (χ1) is 14.0. The first-order valence-electron chi connectivity index (χ1n) is 10.2. The average molecular weight is 398 g/mol. The zero-order chi connectivity index (χ0) is 20.4. The van der Waals surface area contributed by atoms with E-state index in [0.717, 1.165) is 10.9 Å². The zero-order valence-electron chi connectivity index (χ0n) is 16.3. The van der Waals surface area contributed by atoms with E-state index in [9.17, 15) is 14.4 Å². The summed E-state index contributed by atoms with van der Waals surface area (Å²) in [5.74, 6) is -1.08. The predicted octanol–water partition coefficient (Wildman–Crippen LogP) is 2.28. The van der Waals surface area contributed by atoms with Crippen molar-refractivity contribution < 1.29 is 19.5 Å². The summed E-state index contributed by atoms with van der Waals surface area (Å²) in [7, 11) is 0. The van der Waals surface area contributed by atoms with Crippen molar-refractivity contribution in [2.75, 3.05) is 26.2 Å². The summed E-state index contributed by atoms with van der Waals surface area (Å²) in [6, 6.07) is 9.55. The highest BCUT2D eigenvalue weighted by atomic mass is 16.4. The molecule has 3 amide bonds. The van der Waals surface area contributed by atoms with Gasteiger partial charge in [-0.3, -0.25) is 9.59 Å². The lowest BCUT2D eigenvalue weighted by atomic mass is 9.86. The summed E-state index contributed by atoms with van der Waals surface area (Å²) in [6.07, 6.45) is 2.60. The molecule has 0 spiro atoms. The van der Waals surface area contributed by atoms with Crippen molar-refractivity contribution in [2.24, 2.45) is 5.92 Å². The monoisotopic (exact) mass is 398 g/mol. The number of carboxylic acid groups (broad SMARTS) is 1. The fourth-order valence-corrected chi connectivity index (χ4v) is 4.22. The van der Waals surface area contributed by atoms with Crippen LogP contribution in [-0.2, 0) is 4.79 Å². The van der Waals surface area contributed by atoms with Gasteiger partial charge >= 0.3 is 12.0 Å². The Morgan fingerprint density at radius 1 is 0.966 bits per heavy atom. The molecule has 1 aliphatic heterocycles. The van der Waals surface area contributed by atoms with E-state index in [4.69, 9.17) is 5.11 Å². The standard InChI is InChI=1S/C21H26N4O4/c26-19(18-13-15-3-1-2-4-17(15)23-18)24-9-11-25(12-10-24)21(29)22-16-7-5-14(6-8-16)20(27)28/h1-4,13-14,16,23H,5-12H2,(H,22,29)(H,27,28). The number of carbonyl (C=O) groups is 3. The van der Waals surface area contributed by atoms with Gasteiger partial charge < -0.3 is 25.2 Å². The van der Waals surface area contributed by atoms with E-state index in [1.807, 2.05) is 30.3 Å². The third-order valence-corrected chi connectivity index (χ3v) is 6.02. The minimum atomic E-state index is -0.745. The number of amides is 3. The molecule has 0 atom stereocenters. The smallest absolute Gasteiger partial charge is 0.317 e. The van der Waals surface area contributed by atoms with Gasteiger partial charge in [-0.05, 0) is 37.8 Å². The molecule has 4 rings (SSSR count). The van der Waals surface area contributed by atoms with Gasteiger partial charge in [0.05, 0.1) is 5.92 Å². The van der Waals surface area contributed by atoms with Crippen LogP contribution in [0.5, 0.6) is 0 Å². The molecule has 1 aromatic heterocycles. The number of benzene rings is 1. The highest BCUT2D eigenvalue weighted by molar-refractivity contribution is 5.98. The summed E-state index contributed by atoms with van der Waals surface area (Å²) < 4.78 is 0. The maximum atomic E-state index is 12.8. The lowest BCUT2D eigenvalue weighted by Crippen LogP contribution is -2.55. The number of aromatic nitrogens is 1. The molecule has 0 bridgehead atoms. The lowest BCUT2D eigenvalue weighted by molar-refractivity contribution is -0.142. The molecule has 8 nitrogen and oxygen atoms in total. The number of hydrogen-bond acceptors (Lipinski definition) is 3. The van der Waals surface area contributed by atoms with Gasteiger partial charge in [0, 0.05) is 43.1 Å². The number of aromatic amines is 1. The van der Waals surface area contributed by atoms with Gasteiger partial charge in [0.15, 0.2) is 0 Å². The number of carboxylic acids is 1. The van der Waals surface area contributed by atoms with Gasteiger partial charge in [-0.2, -0.15) is 0 Å². The van der Waals surface area contributed by atoms with Gasteiger partial charge in [-0.25, -0.2) is 4.79 Å². The number of H-pyrrole nitrogens is 1. The lowest BCUT2D eigenvalue weighted by Gasteiger charge is -2.36. The Bertz CT molecular complexity index is 875. The number of para-hydroxylation sites is 1. The summed E-state index contributed by atoms with van der Waals surface area (Å²) in [6.45, 7) is 1.96. The maximum absolute atomic E-state index is 12.8. The van der Waals surface area contributed by atoms with Crippen molar-refractivity contribution >= 4 is 28.8 Å². The van der Waals surface area contributed by atoms with Crippen LogP contribution in [0.1, 0.15) is 36.2 Å². The van der Waals surface area contributed by atoms with Crippen LogP contribution >= 0.6 is 0 Å². The van der Waals surface area contributed by atoms with E-state index in [-0.39, 0.29) is 23.9 Å². The number of piperazine rings is 1. The van der Waals surface area contributed by atoms with E-state index in [0.29, 0.717) is 57.6 Å². The maximum Gasteiger partial charge on any atom is 0.317 e. The van der Waals surface area contributed by atoms with E-state index in [1.54, 1.807) is 9.80 Å². The largest absolute Gasteiger partial charge is 0.481 e. The van der Waals surface area contributed by atoms with Crippen LogP contribution in [0.25, 0.3) is 10.9 Å². The van der Waals surface area contributed by atoms with Gasteiger partial charge in [-0.1, -0.05) is 18.2 Å². The first-order valence-corrected chi connectivity index (χ1v) is 10.2. The van der Waals surface area contributed by atoms with Gasteiger partial charge in [0.1, 0.15) is 5.69 Å². The highest BCUT2D eigenvalue weighted by Gasteiger charge is 2.30. The number of rotatable bonds is 3. The summed E-state index contributed by atoms with van der Waals surface area (Å²) >= 11 is 0. The Balaban J connectivity index is 1.27. The molecule has 1 aromatic carbocycles. The molecule has 1 saturated carbocycles. The molecule has 2 aliphatic rings. The Hall–Kier alpha value is -3.03. The Morgan fingerprint density at radius 2 is 1.62 bits per heavy atom. The molecule has 0 radical (unpaired) electrons. The Kier molecular flexibility index (Phi) is 5.42. The molecule has 8 heteroatoms. The van der Waals surface area contributed by atoms with Crippen LogP contribution in [0.15, 0.2) is 30.3 Å². The van der Waals surface area contributed by atoms with Crippen LogP contribution in [0.4, 0.5) is 4.79 Å². The molecule has 2 heterocycles. The molecular weight excluding hydrogens is 372 g/mol. The van der Waals surface area contributed by atoms with Crippen LogP contribution in [0, 0.1) is 5.92 Å². The van der Waals surface area contributed by atoms with E-state index < -0.39 is 5.97 Å². The molecule has 3 N–H and O–H groups in total. The molecular formula is C21H26N4O4. The van der Waals surface area contributed by atoms with Crippen LogP contribution in [0.3, 0.4) is 0 Å². The minimum Gasteiger partial charge on any atom is -0.481 e. The van der Waals surface area contributed by atoms with Crippen molar-refractivity contribution in [3.63, 3.8) is 0 Å². The molecule has 1 saturated heterocycles.